The lowest BCUT2D eigenvalue weighted by molar-refractivity contribution is -0.383. The molecule has 13 nitrogen and oxygen atoms in total. The lowest BCUT2D eigenvalue weighted by Crippen LogP contribution is -2.32. The van der Waals surface area contributed by atoms with Gasteiger partial charge in [-0.25, -0.2) is 14.8 Å². The molecule has 0 saturated carbocycles. The quantitative estimate of drug-likeness (QED) is 0.388. The average molecular weight is 509 g/mol. The van der Waals surface area contributed by atoms with Crippen LogP contribution in [0.3, 0.4) is 0 Å². The summed E-state index contributed by atoms with van der Waals surface area (Å²) in [7, 11) is 1.64. The van der Waals surface area contributed by atoms with Crippen LogP contribution < -0.4 is 10.2 Å². The Bertz CT molecular complexity index is 1360. The van der Waals surface area contributed by atoms with Gasteiger partial charge in [0.25, 0.3) is 5.69 Å². The van der Waals surface area contributed by atoms with Crippen LogP contribution in [0.4, 0.5) is 22.1 Å². The highest BCUT2D eigenvalue weighted by atomic mass is 16.6. The topological polar surface area (TPSA) is 152 Å². The second-order valence-corrected chi connectivity index (χ2v) is 9.87. The number of carboxylic acid groups (broad SMARTS) is 1. The molecule has 3 atom stereocenters. The van der Waals surface area contributed by atoms with Crippen LogP contribution in [0.5, 0.6) is 0 Å². The third-order valence-corrected chi connectivity index (χ3v) is 7.65. The Labute approximate surface area is 212 Å². The van der Waals surface area contributed by atoms with Crippen molar-refractivity contribution in [2.24, 2.45) is 11.8 Å². The predicted molar refractivity (Wildman–Crippen MR) is 135 cm³/mol. The van der Waals surface area contributed by atoms with Crippen LogP contribution in [0, 0.1) is 22.0 Å². The number of hydrogen-bond acceptors (Lipinski definition) is 9. The number of anilines is 2. The number of ether oxygens (including phenoxy) is 1. The first-order valence-electron chi connectivity index (χ1n) is 12.5. The summed E-state index contributed by atoms with van der Waals surface area (Å²) in [6.45, 7) is 2.95. The summed E-state index contributed by atoms with van der Waals surface area (Å²) >= 11 is 0. The zero-order chi connectivity index (χ0) is 25.7. The van der Waals surface area contributed by atoms with Crippen molar-refractivity contribution in [3.05, 3.63) is 34.6 Å². The summed E-state index contributed by atoms with van der Waals surface area (Å²) in [4.78, 5) is 40.7. The van der Waals surface area contributed by atoms with Crippen LogP contribution in [0.1, 0.15) is 25.5 Å². The van der Waals surface area contributed by atoms with Gasteiger partial charge in [0.05, 0.1) is 11.3 Å². The standard InChI is InChI=1S/C24H28N8O5/c1-25-17-6-5-14(8-18(17)32(35)36)20-21-22(31(13-26-21)19-4-2-3-7-37-19)28-23(27-20)29-9-15-11-30(24(33)34)12-16(15)10-29/h5-6,8,13,15-16,19,25H,2-4,7,9-12H2,1H3,(H,33,34). The van der Waals surface area contributed by atoms with Gasteiger partial charge < -0.3 is 25.0 Å². The molecule has 0 aliphatic carbocycles. The van der Waals surface area contributed by atoms with E-state index in [4.69, 9.17) is 14.7 Å². The van der Waals surface area contributed by atoms with E-state index in [-0.39, 0.29) is 23.8 Å². The van der Waals surface area contributed by atoms with E-state index < -0.39 is 11.0 Å². The number of rotatable bonds is 5. The molecule has 6 rings (SSSR count). The number of imidazole rings is 1. The fourth-order valence-corrected chi connectivity index (χ4v) is 5.76. The van der Waals surface area contributed by atoms with Crippen LogP contribution in [0.2, 0.25) is 0 Å². The fraction of sp³-hybridized carbons (Fsp3) is 0.500. The van der Waals surface area contributed by atoms with Gasteiger partial charge in [0.2, 0.25) is 5.95 Å². The van der Waals surface area contributed by atoms with E-state index >= 15 is 0 Å². The van der Waals surface area contributed by atoms with Gasteiger partial charge in [-0.3, -0.25) is 14.7 Å². The highest BCUT2D eigenvalue weighted by molar-refractivity contribution is 5.90. The number of carbonyl (C=O) groups is 1. The molecular weight excluding hydrogens is 480 g/mol. The summed E-state index contributed by atoms with van der Waals surface area (Å²) < 4.78 is 7.94. The Kier molecular flexibility index (Phi) is 5.78. The third-order valence-electron chi connectivity index (χ3n) is 7.65. The van der Waals surface area contributed by atoms with E-state index in [0.717, 1.165) is 19.3 Å². The maximum Gasteiger partial charge on any atom is 0.407 e. The molecule has 3 aromatic rings. The first-order valence-corrected chi connectivity index (χ1v) is 12.5. The minimum atomic E-state index is -0.885. The number of aromatic nitrogens is 4. The van der Waals surface area contributed by atoms with Crippen molar-refractivity contribution in [3.8, 4) is 11.3 Å². The van der Waals surface area contributed by atoms with Crippen LogP contribution >= 0.6 is 0 Å². The van der Waals surface area contributed by atoms with Gasteiger partial charge in [-0.1, -0.05) is 6.07 Å². The third kappa shape index (κ3) is 4.08. The van der Waals surface area contributed by atoms with Gasteiger partial charge in [0.15, 0.2) is 5.65 Å². The Balaban J connectivity index is 1.44. The van der Waals surface area contributed by atoms with Crippen molar-refractivity contribution in [1.29, 1.82) is 0 Å². The maximum atomic E-state index is 11.7. The molecule has 0 bridgehead atoms. The fourth-order valence-electron chi connectivity index (χ4n) is 5.76. The van der Waals surface area contributed by atoms with Crippen LogP contribution in [0.25, 0.3) is 22.4 Å². The number of fused-ring (bicyclic) bond motifs is 2. The maximum absolute atomic E-state index is 11.7. The Morgan fingerprint density at radius 1 is 1.19 bits per heavy atom. The van der Waals surface area contributed by atoms with E-state index in [9.17, 15) is 20.0 Å². The number of nitro benzene ring substituents is 1. The van der Waals surface area contributed by atoms with Crippen molar-refractivity contribution < 1.29 is 19.6 Å². The SMILES string of the molecule is CNc1ccc(-c2nc(N3CC4CN(C(=O)O)CC4C3)nc3c2ncn3C2CCCCO2)cc1[N+](=O)[O-]. The minimum Gasteiger partial charge on any atom is -0.465 e. The molecule has 2 N–H and O–H groups in total. The molecular formula is C24H28N8O5. The molecule has 0 spiro atoms. The van der Waals surface area contributed by atoms with Crippen molar-refractivity contribution in [3.63, 3.8) is 0 Å². The highest BCUT2D eigenvalue weighted by Gasteiger charge is 2.42. The molecule has 194 valence electrons. The molecule has 3 saturated heterocycles. The number of benzene rings is 1. The van der Waals surface area contributed by atoms with Crippen molar-refractivity contribution in [2.45, 2.75) is 25.5 Å². The molecule has 13 heteroatoms. The van der Waals surface area contributed by atoms with Gasteiger partial charge in [-0.15, -0.1) is 0 Å². The van der Waals surface area contributed by atoms with Crippen molar-refractivity contribution >= 4 is 34.6 Å². The zero-order valence-electron chi connectivity index (χ0n) is 20.4. The van der Waals surface area contributed by atoms with E-state index in [1.165, 1.54) is 11.0 Å². The minimum absolute atomic E-state index is 0.0483. The first kappa shape index (κ1) is 23.4. The Hall–Kier alpha value is -4.00. The smallest absolute Gasteiger partial charge is 0.407 e. The molecule has 1 aromatic carbocycles. The molecule has 0 radical (unpaired) electrons. The van der Waals surface area contributed by atoms with Crippen molar-refractivity contribution in [2.75, 3.05) is 50.1 Å². The van der Waals surface area contributed by atoms with Crippen molar-refractivity contribution in [1.82, 2.24) is 24.4 Å². The largest absolute Gasteiger partial charge is 0.465 e. The number of nitrogens with one attached hydrogen (secondary N) is 1. The van der Waals surface area contributed by atoms with Gasteiger partial charge in [-0.2, -0.15) is 4.98 Å². The molecule has 3 unspecified atom stereocenters. The number of amides is 1. The number of likely N-dealkylation sites (tertiary alicyclic amines) is 1. The summed E-state index contributed by atoms with van der Waals surface area (Å²) in [5.74, 6) is 0.930. The monoisotopic (exact) mass is 508 g/mol. The molecule has 1 amide bonds. The van der Waals surface area contributed by atoms with Crippen LogP contribution in [-0.2, 0) is 4.74 Å². The Morgan fingerprint density at radius 3 is 2.62 bits per heavy atom. The summed E-state index contributed by atoms with van der Waals surface area (Å²) in [6, 6.07) is 4.98. The average Bonchev–Trinajstić information content (AvgIpc) is 3.61. The van der Waals surface area contributed by atoms with Crippen LogP contribution in [0.15, 0.2) is 24.5 Å². The number of nitrogens with zero attached hydrogens (tertiary/aromatic N) is 7. The number of nitro groups is 1. The molecule has 3 fully saturated rings. The zero-order valence-corrected chi connectivity index (χ0v) is 20.4. The lowest BCUT2D eigenvalue weighted by Gasteiger charge is -2.24. The molecule has 3 aliphatic heterocycles. The molecule has 37 heavy (non-hydrogen) atoms. The van der Waals surface area contributed by atoms with E-state index in [1.54, 1.807) is 25.5 Å². The normalized spacial score (nSPS) is 23.4. The van der Waals surface area contributed by atoms with Gasteiger partial charge in [0, 0.05) is 63.3 Å². The van der Waals surface area contributed by atoms with Gasteiger partial charge in [0.1, 0.15) is 23.1 Å². The van der Waals surface area contributed by atoms with E-state index in [1.807, 2.05) is 4.57 Å². The second-order valence-electron chi connectivity index (χ2n) is 9.87. The predicted octanol–water partition coefficient (Wildman–Crippen LogP) is 3.19. The van der Waals surface area contributed by atoms with E-state index in [0.29, 0.717) is 66.8 Å². The molecule has 5 heterocycles. The van der Waals surface area contributed by atoms with Gasteiger partial charge in [-0.05, 0) is 25.3 Å². The highest BCUT2D eigenvalue weighted by Crippen LogP contribution is 2.37. The summed E-state index contributed by atoms with van der Waals surface area (Å²) in [5.41, 5.74) is 2.64. The summed E-state index contributed by atoms with van der Waals surface area (Å²) in [6.07, 6.45) is 3.55. The first-order chi connectivity index (χ1) is 17.9. The second kappa shape index (κ2) is 9.14. The molecule has 3 aliphatic rings. The van der Waals surface area contributed by atoms with E-state index in [2.05, 4.69) is 15.2 Å². The number of hydrogen-bond donors (Lipinski definition) is 2. The molecule has 2 aromatic heterocycles. The van der Waals surface area contributed by atoms with Crippen LogP contribution in [-0.4, -0.2) is 80.4 Å². The summed E-state index contributed by atoms with van der Waals surface area (Å²) in [5, 5.41) is 24.0. The van der Waals surface area contributed by atoms with Gasteiger partial charge >= 0.3 is 6.09 Å². The Morgan fingerprint density at radius 2 is 1.97 bits per heavy atom. The lowest BCUT2D eigenvalue weighted by atomic mass is 10.0.